The number of H-pyrrole nitrogens is 1. The number of benzene rings is 1. The van der Waals surface area contributed by atoms with Gasteiger partial charge in [0, 0.05) is 11.3 Å². The molecule has 0 aliphatic rings. The first-order valence-electron chi connectivity index (χ1n) is 5.36. The zero-order chi connectivity index (χ0) is 12.3. The summed E-state index contributed by atoms with van der Waals surface area (Å²) in [5.74, 6) is 1.20. The number of hydrogen-bond acceptors (Lipinski definition) is 3. The zero-order valence-electron chi connectivity index (χ0n) is 9.53. The molecule has 86 valence electrons. The van der Waals surface area contributed by atoms with Crippen molar-refractivity contribution >= 4 is 5.82 Å². The van der Waals surface area contributed by atoms with Gasteiger partial charge in [-0.05, 0) is 25.1 Å². The van der Waals surface area contributed by atoms with Gasteiger partial charge in [-0.1, -0.05) is 12.1 Å². The van der Waals surface area contributed by atoms with Crippen LogP contribution >= 0.6 is 0 Å². The number of nitrogens with one attached hydrogen (secondary N) is 1. The van der Waals surface area contributed by atoms with Crippen molar-refractivity contribution in [2.45, 2.75) is 6.92 Å². The third kappa shape index (κ3) is 2.23. The molecule has 1 aromatic heterocycles. The van der Waals surface area contributed by atoms with E-state index < -0.39 is 0 Å². The Hall–Kier alpha value is -2.41. The third-order valence-corrected chi connectivity index (χ3v) is 2.42. The summed E-state index contributed by atoms with van der Waals surface area (Å²) in [6.07, 6.45) is 0. The summed E-state index contributed by atoms with van der Waals surface area (Å²) in [5, 5.41) is 8.84. The number of aromatic amines is 1. The van der Waals surface area contributed by atoms with Gasteiger partial charge >= 0.3 is 0 Å². The molecule has 2 aromatic rings. The van der Waals surface area contributed by atoms with E-state index in [4.69, 9.17) is 15.7 Å². The predicted octanol–water partition coefficient (Wildman–Crippen LogP) is 2.53. The number of rotatable bonds is 3. The Morgan fingerprint density at radius 2 is 2.24 bits per heavy atom. The second-order valence-corrected chi connectivity index (χ2v) is 3.58. The second kappa shape index (κ2) is 4.62. The largest absolute Gasteiger partial charge is 0.494 e. The molecular weight excluding hydrogens is 214 g/mol. The van der Waals surface area contributed by atoms with Crippen LogP contribution in [-0.4, -0.2) is 11.6 Å². The van der Waals surface area contributed by atoms with Crippen molar-refractivity contribution in [1.82, 2.24) is 4.98 Å². The van der Waals surface area contributed by atoms with Crippen LogP contribution in [0.2, 0.25) is 0 Å². The smallest absolute Gasteiger partial charge is 0.119 e. The highest BCUT2D eigenvalue weighted by Crippen LogP contribution is 2.26. The summed E-state index contributed by atoms with van der Waals surface area (Å²) in [7, 11) is 0. The summed E-state index contributed by atoms with van der Waals surface area (Å²) >= 11 is 0. The van der Waals surface area contributed by atoms with Gasteiger partial charge in [-0.2, -0.15) is 5.26 Å². The minimum atomic E-state index is 0.393. The number of nitrogen functional groups attached to an aromatic ring is 1. The van der Waals surface area contributed by atoms with Crippen LogP contribution in [0.4, 0.5) is 5.82 Å². The number of anilines is 1. The minimum absolute atomic E-state index is 0.393. The van der Waals surface area contributed by atoms with Crippen molar-refractivity contribution in [2.75, 3.05) is 12.3 Å². The highest BCUT2D eigenvalue weighted by molar-refractivity contribution is 5.68. The van der Waals surface area contributed by atoms with E-state index in [1.54, 1.807) is 6.07 Å². The average Bonchev–Trinajstić information content (AvgIpc) is 2.71. The Bertz CT molecular complexity index is 566. The van der Waals surface area contributed by atoms with Gasteiger partial charge in [-0.3, -0.25) is 0 Å². The van der Waals surface area contributed by atoms with Gasteiger partial charge in [0.05, 0.1) is 12.2 Å². The molecule has 4 nitrogen and oxygen atoms in total. The summed E-state index contributed by atoms with van der Waals surface area (Å²) < 4.78 is 5.42. The number of nitrogens with two attached hydrogens (primary N) is 1. The molecule has 17 heavy (non-hydrogen) atoms. The normalized spacial score (nSPS) is 9.88. The molecule has 0 fully saturated rings. The molecule has 0 aliphatic heterocycles. The molecule has 0 radical (unpaired) electrons. The molecule has 0 bridgehead atoms. The molecule has 0 atom stereocenters. The zero-order valence-corrected chi connectivity index (χ0v) is 9.53. The summed E-state index contributed by atoms with van der Waals surface area (Å²) in [6, 6.07) is 11.4. The average molecular weight is 227 g/mol. The molecule has 0 unspecified atom stereocenters. The molecular formula is C13H13N3O. The van der Waals surface area contributed by atoms with Gasteiger partial charge in [-0.15, -0.1) is 0 Å². The summed E-state index contributed by atoms with van der Waals surface area (Å²) in [4.78, 5) is 2.98. The Labute approximate surface area is 99.6 Å². The van der Waals surface area contributed by atoms with E-state index >= 15 is 0 Å². The monoisotopic (exact) mass is 227 g/mol. The van der Waals surface area contributed by atoms with Crippen LogP contribution in [0, 0.1) is 11.3 Å². The van der Waals surface area contributed by atoms with Crippen LogP contribution in [-0.2, 0) is 0 Å². The van der Waals surface area contributed by atoms with E-state index in [1.807, 2.05) is 37.3 Å². The van der Waals surface area contributed by atoms with Gasteiger partial charge in [0.1, 0.15) is 17.6 Å². The Morgan fingerprint density at radius 1 is 1.41 bits per heavy atom. The molecule has 1 heterocycles. The van der Waals surface area contributed by atoms with E-state index in [0.29, 0.717) is 18.0 Å². The molecule has 4 heteroatoms. The van der Waals surface area contributed by atoms with Crippen molar-refractivity contribution in [3.8, 4) is 23.1 Å². The van der Waals surface area contributed by atoms with Crippen molar-refractivity contribution in [3.63, 3.8) is 0 Å². The quantitative estimate of drug-likeness (QED) is 0.846. The lowest BCUT2D eigenvalue weighted by Gasteiger charge is -2.04. The maximum atomic E-state index is 8.84. The van der Waals surface area contributed by atoms with Gasteiger partial charge in [0.2, 0.25) is 0 Å². The van der Waals surface area contributed by atoms with Crippen molar-refractivity contribution in [3.05, 3.63) is 35.9 Å². The lowest BCUT2D eigenvalue weighted by atomic mass is 10.1. The highest BCUT2D eigenvalue weighted by Gasteiger charge is 2.07. The molecule has 1 aromatic carbocycles. The maximum absolute atomic E-state index is 8.84. The van der Waals surface area contributed by atoms with Gasteiger partial charge in [0.15, 0.2) is 0 Å². The predicted molar refractivity (Wildman–Crippen MR) is 66.5 cm³/mol. The van der Waals surface area contributed by atoms with Gasteiger partial charge in [0.25, 0.3) is 0 Å². The fraction of sp³-hybridized carbons (Fsp3) is 0.154. The number of aromatic nitrogens is 1. The van der Waals surface area contributed by atoms with E-state index in [-0.39, 0.29) is 0 Å². The van der Waals surface area contributed by atoms with Crippen molar-refractivity contribution < 1.29 is 4.74 Å². The van der Waals surface area contributed by atoms with Crippen molar-refractivity contribution in [2.24, 2.45) is 0 Å². The molecule has 2 rings (SSSR count). The molecule has 0 saturated heterocycles. The second-order valence-electron chi connectivity index (χ2n) is 3.58. The maximum Gasteiger partial charge on any atom is 0.119 e. The number of ether oxygens (including phenoxy) is 1. The first-order valence-corrected chi connectivity index (χ1v) is 5.36. The van der Waals surface area contributed by atoms with Gasteiger partial charge < -0.3 is 15.5 Å². The minimum Gasteiger partial charge on any atom is -0.494 e. The van der Waals surface area contributed by atoms with Gasteiger partial charge in [-0.25, -0.2) is 0 Å². The van der Waals surface area contributed by atoms with Crippen LogP contribution in [0.3, 0.4) is 0 Å². The third-order valence-electron chi connectivity index (χ3n) is 2.42. The number of nitriles is 1. The molecule has 0 spiro atoms. The van der Waals surface area contributed by atoms with Crippen LogP contribution < -0.4 is 10.5 Å². The van der Waals surface area contributed by atoms with Crippen LogP contribution in [0.5, 0.6) is 5.75 Å². The first-order chi connectivity index (χ1) is 8.24. The lowest BCUT2D eigenvalue weighted by molar-refractivity contribution is 0.340. The van der Waals surface area contributed by atoms with E-state index in [2.05, 4.69) is 4.98 Å². The fourth-order valence-electron chi connectivity index (χ4n) is 1.64. The standard InChI is InChI=1S/C13H13N3O/c1-2-17-11-5-3-4-9(6-11)12-7-10(8-14)13(15)16-12/h3-7,16H,2,15H2,1H3. The van der Waals surface area contributed by atoms with Crippen LogP contribution in [0.15, 0.2) is 30.3 Å². The lowest BCUT2D eigenvalue weighted by Crippen LogP contribution is -1.91. The van der Waals surface area contributed by atoms with E-state index in [9.17, 15) is 0 Å². The van der Waals surface area contributed by atoms with E-state index in [0.717, 1.165) is 17.0 Å². The fourth-order valence-corrected chi connectivity index (χ4v) is 1.64. The summed E-state index contributed by atoms with van der Waals surface area (Å²) in [6.45, 7) is 2.56. The molecule has 0 aliphatic carbocycles. The molecule has 0 amide bonds. The van der Waals surface area contributed by atoms with Crippen molar-refractivity contribution in [1.29, 1.82) is 5.26 Å². The molecule has 3 N–H and O–H groups in total. The number of nitrogens with zero attached hydrogens (tertiary/aromatic N) is 1. The number of hydrogen-bond donors (Lipinski definition) is 2. The summed E-state index contributed by atoms with van der Waals surface area (Å²) in [5.41, 5.74) is 7.90. The van der Waals surface area contributed by atoms with Crippen LogP contribution in [0.25, 0.3) is 11.3 Å². The molecule has 0 saturated carbocycles. The highest BCUT2D eigenvalue weighted by atomic mass is 16.5. The first kappa shape index (κ1) is 11.1. The van der Waals surface area contributed by atoms with Crippen LogP contribution in [0.1, 0.15) is 12.5 Å². The Morgan fingerprint density at radius 3 is 2.88 bits per heavy atom. The Kier molecular flexibility index (Phi) is 3.01. The topological polar surface area (TPSA) is 74.8 Å². The van der Waals surface area contributed by atoms with E-state index in [1.165, 1.54) is 0 Å². The Balaban J connectivity index is 2.39. The SMILES string of the molecule is CCOc1cccc(-c2cc(C#N)c(N)[nH]2)c1.